The zero-order chi connectivity index (χ0) is 13.1. The van der Waals surface area contributed by atoms with E-state index >= 15 is 0 Å². The lowest BCUT2D eigenvalue weighted by atomic mass is 9.93. The predicted molar refractivity (Wildman–Crippen MR) is 67.9 cm³/mol. The van der Waals surface area contributed by atoms with E-state index in [1.165, 1.54) is 24.7 Å². The predicted octanol–water partition coefficient (Wildman–Crippen LogP) is 4.08. The van der Waals surface area contributed by atoms with Crippen LogP contribution in [-0.4, -0.2) is 5.78 Å². The molecule has 0 aliphatic heterocycles. The zero-order valence-corrected chi connectivity index (χ0v) is 10.6. The molecule has 0 bridgehead atoms. The topological polar surface area (TPSA) is 54.0 Å². The summed E-state index contributed by atoms with van der Waals surface area (Å²) < 4.78 is 4.83. The fraction of sp³-hybridized carbons (Fsp3) is 0.0769. The highest BCUT2D eigenvalue weighted by molar-refractivity contribution is 6.35. The molecule has 0 aliphatic carbocycles. The number of carbonyl (C=O) groups is 1. The van der Waals surface area contributed by atoms with E-state index in [1.807, 2.05) is 6.07 Å². The molecule has 2 aromatic rings. The van der Waals surface area contributed by atoms with Crippen molar-refractivity contribution in [2.24, 2.45) is 0 Å². The van der Waals surface area contributed by atoms with E-state index in [4.69, 9.17) is 32.9 Å². The van der Waals surface area contributed by atoms with Crippen LogP contribution >= 0.6 is 23.2 Å². The van der Waals surface area contributed by atoms with Crippen LogP contribution in [0.3, 0.4) is 0 Å². The summed E-state index contributed by atoms with van der Waals surface area (Å²) in [6, 6.07) is 8.14. The van der Waals surface area contributed by atoms with E-state index in [0.717, 1.165) is 0 Å². The smallest absolute Gasteiger partial charge is 0.187 e. The number of hydrogen-bond donors (Lipinski definition) is 0. The Morgan fingerprint density at radius 1 is 1.33 bits per heavy atom. The average Bonchev–Trinajstić information content (AvgIpc) is 2.86. The van der Waals surface area contributed by atoms with Crippen LogP contribution < -0.4 is 0 Å². The molecule has 0 radical (unpaired) electrons. The Kier molecular flexibility index (Phi) is 3.71. The van der Waals surface area contributed by atoms with Crippen molar-refractivity contribution in [1.29, 1.82) is 5.26 Å². The van der Waals surface area contributed by atoms with Crippen molar-refractivity contribution in [3.05, 3.63) is 58.0 Å². The van der Waals surface area contributed by atoms with Crippen molar-refractivity contribution in [2.45, 2.75) is 5.92 Å². The van der Waals surface area contributed by atoms with Gasteiger partial charge in [-0.2, -0.15) is 5.26 Å². The van der Waals surface area contributed by atoms with Crippen molar-refractivity contribution < 1.29 is 9.21 Å². The van der Waals surface area contributed by atoms with E-state index in [9.17, 15) is 4.79 Å². The summed E-state index contributed by atoms with van der Waals surface area (Å²) in [6.45, 7) is 0. The third kappa shape index (κ3) is 2.40. The SMILES string of the molecule is N#CC(C(=O)c1ccoc1)c1ccc(Cl)cc1Cl. The molecule has 18 heavy (non-hydrogen) atoms. The minimum atomic E-state index is -0.965. The van der Waals surface area contributed by atoms with Crippen molar-refractivity contribution in [3.63, 3.8) is 0 Å². The molecule has 2 rings (SSSR count). The molecule has 0 N–H and O–H groups in total. The number of ketones is 1. The first kappa shape index (κ1) is 12.7. The Hall–Kier alpha value is -1.76. The second-order valence-electron chi connectivity index (χ2n) is 3.60. The van der Waals surface area contributed by atoms with Crippen molar-refractivity contribution >= 4 is 29.0 Å². The summed E-state index contributed by atoms with van der Waals surface area (Å²) in [5.74, 6) is -1.32. The molecular formula is C13H7Cl2NO2. The number of benzene rings is 1. The maximum Gasteiger partial charge on any atom is 0.187 e. The minimum absolute atomic E-state index is 0.297. The lowest BCUT2D eigenvalue weighted by Crippen LogP contribution is -2.10. The number of Topliss-reactive ketones (excluding diaryl/α,β-unsaturated/α-hetero) is 1. The fourth-order valence-electron chi connectivity index (χ4n) is 1.58. The highest BCUT2D eigenvalue weighted by Crippen LogP contribution is 2.29. The van der Waals surface area contributed by atoms with Crippen LogP contribution in [0, 0.1) is 11.3 Å². The molecule has 0 saturated heterocycles. The van der Waals surface area contributed by atoms with E-state index in [1.54, 1.807) is 12.1 Å². The summed E-state index contributed by atoms with van der Waals surface area (Å²) in [5.41, 5.74) is 0.780. The molecule has 1 heterocycles. The second kappa shape index (κ2) is 5.26. The Bertz CT molecular complexity index is 614. The lowest BCUT2D eigenvalue weighted by Gasteiger charge is -2.09. The molecule has 0 spiro atoms. The third-order valence-corrected chi connectivity index (χ3v) is 3.03. The van der Waals surface area contributed by atoms with Gasteiger partial charge in [0.25, 0.3) is 0 Å². The molecule has 1 atom stereocenters. The molecule has 0 aliphatic rings. The number of hydrogen-bond acceptors (Lipinski definition) is 3. The van der Waals surface area contributed by atoms with Crippen LogP contribution in [-0.2, 0) is 0 Å². The Labute approximate surface area is 114 Å². The third-order valence-electron chi connectivity index (χ3n) is 2.47. The molecule has 5 heteroatoms. The number of nitriles is 1. The highest BCUT2D eigenvalue weighted by atomic mass is 35.5. The Morgan fingerprint density at radius 2 is 2.11 bits per heavy atom. The molecule has 1 aromatic carbocycles. The van der Waals surface area contributed by atoms with Gasteiger partial charge >= 0.3 is 0 Å². The lowest BCUT2D eigenvalue weighted by molar-refractivity contribution is 0.0978. The summed E-state index contributed by atoms with van der Waals surface area (Å²) >= 11 is 11.8. The number of carbonyl (C=O) groups excluding carboxylic acids is 1. The van der Waals surface area contributed by atoms with Crippen LogP contribution in [0.25, 0.3) is 0 Å². The quantitative estimate of drug-likeness (QED) is 0.796. The number of halogens is 2. The van der Waals surface area contributed by atoms with E-state index in [0.29, 0.717) is 21.2 Å². The van der Waals surface area contributed by atoms with Crippen LogP contribution in [0.1, 0.15) is 21.8 Å². The van der Waals surface area contributed by atoms with E-state index in [2.05, 4.69) is 0 Å². The van der Waals surface area contributed by atoms with Gasteiger partial charge in [-0.05, 0) is 23.8 Å². The van der Waals surface area contributed by atoms with Crippen LogP contribution in [0.15, 0.2) is 41.2 Å². The Morgan fingerprint density at radius 3 is 2.67 bits per heavy atom. The number of nitrogens with zero attached hydrogens (tertiary/aromatic N) is 1. The van der Waals surface area contributed by atoms with Gasteiger partial charge in [-0.25, -0.2) is 0 Å². The molecule has 1 aromatic heterocycles. The van der Waals surface area contributed by atoms with Crippen molar-refractivity contribution in [1.82, 2.24) is 0 Å². The van der Waals surface area contributed by atoms with Crippen molar-refractivity contribution in [2.75, 3.05) is 0 Å². The van der Waals surface area contributed by atoms with Gasteiger partial charge in [-0.15, -0.1) is 0 Å². The molecule has 1 unspecified atom stereocenters. The second-order valence-corrected chi connectivity index (χ2v) is 4.45. The molecule has 3 nitrogen and oxygen atoms in total. The number of rotatable bonds is 3. The summed E-state index contributed by atoms with van der Waals surface area (Å²) in [6.07, 6.45) is 2.68. The minimum Gasteiger partial charge on any atom is -0.472 e. The zero-order valence-electron chi connectivity index (χ0n) is 9.06. The summed E-state index contributed by atoms with van der Waals surface area (Å²) in [5, 5.41) is 9.90. The first-order valence-corrected chi connectivity index (χ1v) is 5.80. The van der Waals surface area contributed by atoms with Crippen LogP contribution in [0.5, 0.6) is 0 Å². The van der Waals surface area contributed by atoms with Gasteiger partial charge < -0.3 is 4.42 Å². The van der Waals surface area contributed by atoms with Crippen LogP contribution in [0.2, 0.25) is 10.0 Å². The number of furan rings is 1. The van der Waals surface area contributed by atoms with E-state index < -0.39 is 5.92 Å². The van der Waals surface area contributed by atoms with Gasteiger partial charge in [0.05, 0.1) is 17.9 Å². The van der Waals surface area contributed by atoms with Crippen molar-refractivity contribution in [3.8, 4) is 6.07 Å². The first-order chi connectivity index (χ1) is 8.63. The molecule has 0 saturated carbocycles. The molecular weight excluding hydrogens is 273 g/mol. The summed E-state index contributed by atoms with van der Waals surface area (Å²) in [4.78, 5) is 12.1. The monoisotopic (exact) mass is 279 g/mol. The summed E-state index contributed by atoms with van der Waals surface area (Å²) in [7, 11) is 0. The van der Waals surface area contributed by atoms with Gasteiger partial charge in [-0.1, -0.05) is 29.3 Å². The standard InChI is InChI=1S/C13H7Cl2NO2/c14-9-1-2-10(12(15)5-9)11(6-16)13(17)8-3-4-18-7-8/h1-5,7,11H. The average molecular weight is 280 g/mol. The fourth-order valence-corrected chi connectivity index (χ4v) is 2.09. The normalized spacial score (nSPS) is 11.8. The van der Waals surface area contributed by atoms with Crippen LogP contribution in [0.4, 0.5) is 0 Å². The molecule has 0 fully saturated rings. The highest BCUT2D eigenvalue weighted by Gasteiger charge is 2.24. The first-order valence-electron chi connectivity index (χ1n) is 5.04. The largest absolute Gasteiger partial charge is 0.472 e. The van der Waals surface area contributed by atoms with E-state index in [-0.39, 0.29) is 5.78 Å². The van der Waals surface area contributed by atoms with Gasteiger partial charge in [0.15, 0.2) is 5.78 Å². The van der Waals surface area contributed by atoms with Gasteiger partial charge in [0.2, 0.25) is 0 Å². The van der Waals surface area contributed by atoms with Gasteiger partial charge in [-0.3, -0.25) is 4.79 Å². The molecule has 0 amide bonds. The van der Waals surface area contributed by atoms with Gasteiger partial charge in [0, 0.05) is 10.0 Å². The molecule has 90 valence electrons. The van der Waals surface area contributed by atoms with Gasteiger partial charge in [0.1, 0.15) is 12.2 Å². The maximum atomic E-state index is 12.1. The maximum absolute atomic E-state index is 12.1. The Balaban J connectivity index is 2.41.